The Hall–Kier alpha value is -2.85. The van der Waals surface area contributed by atoms with E-state index in [0.717, 1.165) is 26.8 Å². The summed E-state index contributed by atoms with van der Waals surface area (Å²) in [6.07, 6.45) is 1.12. The number of nitrogens with one attached hydrogen (secondary N) is 2. The first-order valence-corrected chi connectivity index (χ1v) is 13.3. The fraction of sp³-hybridized carbons (Fsp3) is 0.323. The number of hydrogen-bond donors (Lipinski definition) is 2. The summed E-state index contributed by atoms with van der Waals surface area (Å²) >= 11 is 3.53. The van der Waals surface area contributed by atoms with Gasteiger partial charge in [-0.15, -0.1) is 0 Å². The third kappa shape index (κ3) is 5.87. The Morgan fingerprint density at radius 2 is 1.57 bits per heavy atom. The van der Waals surface area contributed by atoms with Crippen molar-refractivity contribution in [1.82, 2.24) is 10.3 Å². The van der Waals surface area contributed by atoms with Crippen molar-refractivity contribution in [3.63, 3.8) is 0 Å². The smallest absolute Gasteiger partial charge is 0.220 e. The van der Waals surface area contributed by atoms with Gasteiger partial charge in [-0.25, -0.2) is 0 Å². The van der Waals surface area contributed by atoms with Gasteiger partial charge < -0.3 is 10.3 Å². The van der Waals surface area contributed by atoms with Crippen molar-refractivity contribution in [3.8, 4) is 11.3 Å². The van der Waals surface area contributed by atoms with Crippen LogP contribution < -0.4 is 5.32 Å². The molecule has 1 unspecified atom stereocenters. The first kappa shape index (κ1) is 25.2. The molecule has 4 aromatic rings. The largest absolute Gasteiger partial charge is 0.354 e. The number of aryl methyl sites for hydroxylation is 2. The molecule has 0 aliphatic rings. The number of benzene rings is 3. The van der Waals surface area contributed by atoms with Crippen LogP contribution in [0, 0.1) is 12.8 Å². The van der Waals surface area contributed by atoms with Gasteiger partial charge in [0.15, 0.2) is 0 Å². The highest BCUT2D eigenvalue weighted by Crippen LogP contribution is 2.33. The maximum Gasteiger partial charge on any atom is 0.220 e. The lowest BCUT2D eigenvalue weighted by atomic mass is 9.93. The Labute approximate surface area is 217 Å². The molecule has 1 amide bonds. The number of aromatic amines is 1. The summed E-state index contributed by atoms with van der Waals surface area (Å²) in [5.41, 5.74) is 8.22. The van der Waals surface area contributed by atoms with Gasteiger partial charge in [0.25, 0.3) is 0 Å². The lowest BCUT2D eigenvalue weighted by Crippen LogP contribution is -2.31. The molecule has 1 heterocycles. The van der Waals surface area contributed by atoms with Crippen LogP contribution in [0.4, 0.5) is 0 Å². The topological polar surface area (TPSA) is 44.9 Å². The van der Waals surface area contributed by atoms with Crippen LogP contribution in [0.25, 0.3) is 22.2 Å². The molecule has 1 atom stereocenters. The van der Waals surface area contributed by atoms with E-state index in [1.54, 1.807) is 0 Å². The van der Waals surface area contributed by atoms with E-state index >= 15 is 0 Å². The second-order valence-electron chi connectivity index (χ2n) is 10.1. The molecule has 0 aliphatic heterocycles. The molecule has 3 nitrogen and oxygen atoms in total. The molecular weight excluding hydrogens is 496 g/mol. The fourth-order valence-electron chi connectivity index (χ4n) is 4.69. The van der Waals surface area contributed by atoms with Gasteiger partial charge in [-0.1, -0.05) is 91.7 Å². The molecule has 4 heteroatoms. The number of rotatable bonds is 8. The predicted octanol–water partition coefficient (Wildman–Crippen LogP) is 8.48. The summed E-state index contributed by atoms with van der Waals surface area (Å²) < 4.78 is 1.05. The van der Waals surface area contributed by atoms with E-state index in [0.29, 0.717) is 24.7 Å². The number of aromatic nitrogens is 1. The zero-order valence-electron chi connectivity index (χ0n) is 21.3. The van der Waals surface area contributed by atoms with E-state index in [1.807, 2.05) is 0 Å². The molecule has 0 fully saturated rings. The molecule has 0 spiro atoms. The zero-order chi connectivity index (χ0) is 25.1. The van der Waals surface area contributed by atoms with Crippen molar-refractivity contribution >= 4 is 32.7 Å². The highest BCUT2D eigenvalue weighted by atomic mass is 79.9. The minimum Gasteiger partial charge on any atom is -0.354 e. The highest BCUT2D eigenvalue weighted by molar-refractivity contribution is 9.10. The van der Waals surface area contributed by atoms with Crippen LogP contribution in [-0.4, -0.2) is 10.9 Å². The lowest BCUT2D eigenvalue weighted by molar-refractivity contribution is -0.122. The van der Waals surface area contributed by atoms with Crippen LogP contribution in [0.3, 0.4) is 0 Å². The van der Waals surface area contributed by atoms with Crippen LogP contribution in [-0.2, 0) is 11.2 Å². The molecule has 182 valence electrons. The SMILES string of the molecule is Cc1ccc2[nH]c(-c3ccc(Br)cc3)c(CCC(=O)NC(c3ccc(C(C)C)cc3)C(C)C)c2c1. The van der Waals surface area contributed by atoms with Crippen LogP contribution >= 0.6 is 15.9 Å². The van der Waals surface area contributed by atoms with Crippen LogP contribution in [0.2, 0.25) is 0 Å². The summed E-state index contributed by atoms with van der Waals surface area (Å²) in [7, 11) is 0. The van der Waals surface area contributed by atoms with E-state index in [1.165, 1.54) is 22.1 Å². The van der Waals surface area contributed by atoms with Crippen molar-refractivity contribution < 1.29 is 4.79 Å². The molecule has 35 heavy (non-hydrogen) atoms. The standard InChI is InChI=1S/C31H35BrN2O/c1-19(2)22-7-9-23(10-8-22)30(20(3)4)34-29(35)17-15-26-27-18-21(5)6-16-28(27)33-31(26)24-11-13-25(32)14-12-24/h6-14,16,18-20,30,33H,15,17H2,1-5H3,(H,34,35). The van der Waals surface area contributed by atoms with E-state index in [-0.39, 0.29) is 11.9 Å². The number of carbonyl (C=O) groups is 1. The van der Waals surface area contributed by atoms with Gasteiger partial charge in [0.2, 0.25) is 5.91 Å². The van der Waals surface area contributed by atoms with Crippen LogP contribution in [0.5, 0.6) is 0 Å². The molecule has 0 bridgehead atoms. The fourth-order valence-corrected chi connectivity index (χ4v) is 4.96. The Morgan fingerprint density at radius 1 is 0.914 bits per heavy atom. The van der Waals surface area contributed by atoms with Crippen molar-refractivity contribution in [1.29, 1.82) is 0 Å². The molecule has 4 rings (SSSR count). The summed E-state index contributed by atoms with van der Waals surface area (Å²) in [4.78, 5) is 16.8. The summed E-state index contributed by atoms with van der Waals surface area (Å²) in [5, 5.41) is 4.51. The van der Waals surface area contributed by atoms with Gasteiger partial charge in [0.05, 0.1) is 6.04 Å². The van der Waals surface area contributed by atoms with Crippen LogP contribution in [0.15, 0.2) is 71.2 Å². The molecule has 0 aliphatic carbocycles. The van der Waals surface area contributed by atoms with Crippen LogP contribution in [0.1, 0.15) is 68.3 Å². The van der Waals surface area contributed by atoms with Crippen molar-refractivity contribution in [2.24, 2.45) is 5.92 Å². The maximum absolute atomic E-state index is 13.2. The summed E-state index contributed by atoms with van der Waals surface area (Å²) in [5.74, 6) is 0.884. The zero-order valence-corrected chi connectivity index (χ0v) is 22.9. The van der Waals surface area contributed by atoms with Crippen molar-refractivity contribution in [2.45, 2.75) is 59.4 Å². The third-order valence-corrected chi connectivity index (χ3v) is 7.27. The number of halogens is 1. The first-order valence-electron chi connectivity index (χ1n) is 12.5. The summed E-state index contributed by atoms with van der Waals surface area (Å²) in [6, 6.07) is 23.5. The van der Waals surface area contributed by atoms with Gasteiger partial charge in [-0.05, 0) is 71.7 Å². The molecular formula is C31H35BrN2O. The van der Waals surface area contributed by atoms with E-state index in [2.05, 4.69) is 128 Å². The van der Waals surface area contributed by atoms with Crippen molar-refractivity contribution in [3.05, 3.63) is 93.5 Å². The summed E-state index contributed by atoms with van der Waals surface area (Å²) in [6.45, 7) is 10.8. The maximum atomic E-state index is 13.2. The van der Waals surface area contributed by atoms with Gasteiger partial charge >= 0.3 is 0 Å². The molecule has 1 aromatic heterocycles. The van der Waals surface area contributed by atoms with Gasteiger partial charge in [-0.2, -0.15) is 0 Å². The average molecular weight is 532 g/mol. The molecule has 0 saturated carbocycles. The van der Waals surface area contributed by atoms with E-state index < -0.39 is 0 Å². The highest BCUT2D eigenvalue weighted by Gasteiger charge is 2.20. The minimum absolute atomic E-state index is 0.000121. The Morgan fingerprint density at radius 3 is 2.20 bits per heavy atom. The molecule has 3 aromatic carbocycles. The number of hydrogen-bond acceptors (Lipinski definition) is 1. The normalized spacial score (nSPS) is 12.5. The first-order chi connectivity index (χ1) is 16.7. The number of fused-ring (bicyclic) bond motifs is 1. The molecule has 2 N–H and O–H groups in total. The van der Waals surface area contributed by atoms with E-state index in [9.17, 15) is 4.79 Å². The quantitative estimate of drug-likeness (QED) is 0.235. The number of amides is 1. The lowest BCUT2D eigenvalue weighted by Gasteiger charge is -2.23. The van der Waals surface area contributed by atoms with E-state index in [4.69, 9.17) is 0 Å². The second-order valence-corrected chi connectivity index (χ2v) is 11.1. The average Bonchev–Trinajstić information content (AvgIpc) is 3.19. The van der Waals surface area contributed by atoms with Gasteiger partial charge in [0.1, 0.15) is 0 Å². The molecule has 0 saturated heterocycles. The van der Waals surface area contributed by atoms with Crippen molar-refractivity contribution in [2.75, 3.05) is 0 Å². The Bertz CT molecular complexity index is 1300. The van der Waals surface area contributed by atoms with Gasteiger partial charge in [-0.3, -0.25) is 4.79 Å². The number of H-pyrrole nitrogens is 1. The number of carbonyl (C=O) groups excluding carboxylic acids is 1. The molecule has 0 radical (unpaired) electrons. The minimum atomic E-state index is -0.000121. The third-order valence-electron chi connectivity index (χ3n) is 6.74. The van der Waals surface area contributed by atoms with Gasteiger partial charge in [0, 0.05) is 27.5 Å². The monoisotopic (exact) mass is 530 g/mol. The second kappa shape index (κ2) is 10.8. The Kier molecular flexibility index (Phi) is 7.81. The predicted molar refractivity (Wildman–Crippen MR) is 151 cm³/mol. The Balaban J connectivity index is 1.56.